The van der Waals surface area contributed by atoms with Gasteiger partial charge >= 0.3 is 5.97 Å². The SMILES string of the molecule is CCOCCCS(=O)(=O)c1cc(C(=O)O)cc(C)c1C. The van der Waals surface area contributed by atoms with E-state index < -0.39 is 15.8 Å². The molecule has 0 saturated carbocycles. The first-order valence-electron chi connectivity index (χ1n) is 6.44. The summed E-state index contributed by atoms with van der Waals surface area (Å²) in [5.74, 6) is -1.17. The monoisotopic (exact) mass is 300 g/mol. The van der Waals surface area contributed by atoms with Gasteiger partial charge in [0, 0.05) is 13.2 Å². The van der Waals surface area contributed by atoms with Crippen LogP contribution < -0.4 is 0 Å². The first-order chi connectivity index (χ1) is 9.29. The zero-order valence-corrected chi connectivity index (χ0v) is 12.8. The fraction of sp³-hybridized carbons (Fsp3) is 0.500. The second-order valence-corrected chi connectivity index (χ2v) is 6.67. The number of carbonyl (C=O) groups is 1. The van der Waals surface area contributed by atoms with Gasteiger partial charge in [0.25, 0.3) is 0 Å². The van der Waals surface area contributed by atoms with E-state index >= 15 is 0 Å². The first-order valence-corrected chi connectivity index (χ1v) is 8.10. The Kier molecular flexibility index (Phi) is 5.71. The second kappa shape index (κ2) is 6.85. The summed E-state index contributed by atoms with van der Waals surface area (Å²) in [6.07, 6.45) is 0.395. The van der Waals surface area contributed by atoms with Crippen LogP contribution in [0.2, 0.25) is 0 Å². The van der Waals surface area contributed by atoms with Crippen molar-refractivity contribution >= 4 is 15.8 Å². The van der Waals surface area contributed by atoms with E-state index in [0.717, 1.165) is 0 Å². The average molecular weight is 300 g/mol. The highest BCUT2D eigenvalue weighted by Gasteiger charge is 2.20. The molecule has 0 amide bonds. The topological polar surface area (TPSA) is 80.7 Å². The van der Waals surface area contributed by atoms with Crippen LogP contribution in [0.5, 0.6) is 0 Å². The molecule has 0 radical (unpaired) electrons. The van der Waals surface area contributed by atoms with Crippen molar-refractivity contribution in [1.82, 2.24) is 0 Å². The first kappa shape index (κ1) is 16.7. The molecule has 6 heteroatoms. The maximum atomic E-state index is 12.3. The molecule has 0 aliphatic rings. The van der Waals surface area contributed by atoms with Crippen LogP contribution in [0, 0.1) is 13.8 Å². The molecule has 0 saturated heterocycles. The minimum atomic E-state index is -3.49. The van der Waals surface area contributed by atoms with Gasteiger partial charge in [0.05, 0.1) is 16.2 Å². The zero-order chi connectivity index (χ0) is 15.3. The number of aryl methyl sites for hydroxylation is 1. The van der Waals surface area contributed by atoms with Crippen LogP contribution in [0.15, 0.2) is 17.0 Å². The van der Waals surface area contributed by atoms with E-state index in [4.69, 9.17) is 9.84 Å². The largest absolute Gasteiger partial charge is 0.478 e. The lowest BCUT2D eigenvalue weighted by Gasteiger charge is -2.11. The third kappa shape index (κ3) is 4.05. The van der Waals surface area contributed by atoms with Crippen LogP contribution in [-0.2, 0) is 14.6 Å². The summed E-state index contributed by atoms with van der Waals surface area (Å²) in [4.78, 5) is 11.1. The molecule has 112 valence electrons. The molecule has 1 rings (SSSR count). The van der Waals surface area contributed by atoms with Gasteiger partial charge in [-0.2, -0.15) is 0 Å². The lowest BCUT2D eigenvalue weighted by molar-refractivity contribution is 0.0696. The molecule has 1 N–H and O–H groups in total. The number of benzene rings is 1. The van der Waals surface area contributed by atoms with E-state index in [0.29, 0.717) is 30.8 Å². The lowest BCUT2D eigenvalue weighted by atomic mass is 10.1. The Labute approximate surface area is 119 Å². The Bertz CT molecular complexity index is 590. The van der Waals surface area contributed by atoms with Crippen LogP contribution in [0.1, 0.15) is 34.8 Å². The van der Waals surface area contributed by atoms with Crippen LogP contribution in [0.3, 0.4) is 0 Å². The van der Waals surface area contributed by atoms with E-state index in [1.807, 2.05) is 6.92 Å². The van der Waals surface area contributed by atoms with Gasteiger partial charge in [-0.25, -0.2) is 13.2 Å². The predicted molar refractivity (Wildman–Crippen MR) is 76.0 cm³/mol. The van der Waals surface area contributed by atoms with Gasteiger partial charge in [-0.3, -0.25) is 0 Å². The molecule has 0 fully saturated rings. The molecular formula is C14H20O5S. The molecule has 0 atom stereocenters. The number of hydrogen-bond donors (Lipinski definition) is 1. The van der Waals surface area contributed by atoms with Crippen molar-refractivity contribution in [2.75, 3.05) is 19.0 Å². The van der Waals surface area contributed by atoms with E-state index in [1.165, 1.54) is 12.1 Å². The van der Waals surface area contributed by atoms with Gasteiger partial charge in [-0.1, -0.05) is 0 Å². The summed E-state index contributed by atoms with van der Waals surface area (Å²) < 4.78 is 29.7. The number of ether oxygens (including phenoxy) is 1. The van der Waals surface area contributed by atoms with Crippen molar-refractivity contribution in [2.24, 2.45) is 0 Å². The van der Waals surface area contributed by atoms with Crippen molar-refractivity contribution < 1.29 is 23.1 Å². The van der Waals surface area contributed by atoms with E-state index in [1.54, 1.807) is 13.8 Å². The number of carboxylic acids is 1. The summed E-state index contributed by atoms with van der Waals surface area (Å²) in [5.41, 5.74) is 1.26. The van der Waals surface area contributed by atoms with Gasteiger partial charge in [0.15, 0.2) is 9.84 Å². The summed E-state index contributed by atoms with van der Waals surface area (Å²) in [6.45, 7) is 6.18. The summed E-state index contributed by atoms with van der Waals surface area (Å²) >= 11 is 0. The van der Waals surface area contributed by atoms with E-state index in [-0.39, 0.29) is 16.2 Å². The minimum absolute atomic E-state index is 0.00326. The number of rotatable bonds is 7. The maximum absolute atomic E-state index is 12.3. The summed E-state index contributed by atoms with van der Waals surface area (Å²) in [6, 6.07) is 2.72. The molecular weight excluding hydrogens is 280 g/mol. The number of sulfone groups is 1. The van der Waals surface area contributed by atoms with Gasteiger partial charge in [-0.15, -0.1) is 0 Å². The van der Waals surface area contributed by atoms with Crippen molar-refractivity contribution in [2.45, 2.75) is 32.1 Å². The smallest absolute Gasteiger partial charge is 0.335 e. The standard InChI is InChI=1S/C14H20O5S/c1-4-19-6-5-7-20(17,18)13-9-12(14(15)16)8-10(2)11(13)3/h8-9H,4-7H2,1-3H3,(H,15,16). The Morgan fingerprint density at radius 1 is 1.30 bits per heavy atom. The highest BCUT2D eigenvalue weighted by molar-refractivity contribution is 7.91. The van der Waals surface area contributed by atoms with Crippen molar-refractivity contribution in [3.8, 4) is 0 Å². The molecule has 0 aromatic heterocycles. The Balaban J connectivity index is 3.07. The fourth-order valence-corrected chi connectivity index (χ4v) is 3.53. The van der Waals surface area contributed by atoms with Crippen molar-refractivity contribution in [1.29, 1.82) is 0 Å². The molecule has 5 nitrogen and oxygen atoms in total. The molecule has 0 heterocycles. The molecule has 0 unspecified atom stereocenters. The van der Waals surface area contributed by atoms with Gasteiger partial charge in [-0.05, 0) is 50.5 Å². The van der Waals surface area contributed by atoms with Gasteiger partial charge in [0.1, 0.15) is 0 Å². The van der Waals surface area contributed by atoms with Crippen LogP contribution in [0.4, 0.5) is 0 Å². The Hall–Kier alpha value is -1.40. The van der Waals surface area contributed by atoms with Crippen LogP contribution in [-0.4, -0.2) is 38.5 Å². The molecule has 1 aromatic carbocycles. The van der Waals surface area contributed by atoms with Crippen LogP contribution in [0.25, 0.3) is 0 Å². The van der Waals surface area contributed by atoms with E-state index in [2.05, 4.69) is 0 Å². The lowest BCUT2D eigenvalue weighted by Crippen LogP contribution is -2.13. The number of aromatic carboxylic acids is 1. The third-order valence-corrected chi connectivity index (χ3v) is 5.03. The van der Waals surface area contributed by atoms with E-state index in [9.17, 15) is 13.2 Å². The predicted octanol–water partition coefficient (Wildman–Crippen LogP) is 2.20. The number of carboxylic acid groups (broad SMARTS) is 1. The van der Waals surface area contributed by atoms with Crippen LogP contribution >= 0.6 is 0 Å². The second-order valence-electron chi connectivity index (χ2n) is 4.59. The molecule has 1 aromatic rings. The van der Waals surface area contributed by atoms with Crippen molar-refractivity contribution in [3.63, 3.8) is 0 Å². The van der Waals surface area contributed by atoms with Gasteiger partial charge in [0.2, 0.25) is 0 Å². The summed E-state index contributed by atoms with van der Waals surface area (Å²) in [7, 11) is -3.49. The fourth-order valence-electron chi connectivity index (χ4n) is 1.88. The Morgan fingerprint density at radius 2 is 1.95 bits per heavy atom. The molecule has 20 heavy (non-hydrogen) atoms. The number of hydrogen-bond acceptors (Lipinski definition) is 4. The molecule has 0 aliphatic carbocycles. The minimum Gasteiger partial charge on any atom is -0.478 e. The quantitative estimate of drug-likeness (QED) is 0.781. The Morgan fingerprint density at radius 3 is 2.50 bits per heavy atom. The highest BCUT2D eigenvalue weighted by atomic mass is 32.2. The molecule has 0 bridgehead atoms. The summed E-state index contributed by atoms with van der Waals surface area (Å²) in [5, 5.41) is 9.02. The van der Waals surface area contributed by atoms with Crippen molar-refractivity contribution in [3.05, 3.63) is 28.8 Å². The maximum Gasteiger partial charge on any atom is 0.335 e. The molecule has 0 spiro atoms. The normalized spacial score (nSPS) is 11.6. The highest BCUT2D eigenvalue weighted by Crippen LogP contribution is 2.23. The average Bonchev–Trinajstić information content (AvgIpc) is 2.37. The zero-order valence-electron chi connectivity index (χ0n) is 12.0. The molecule has 0 aliphatic heterocycles. The van der Waals surface area contributed by atoms with Gasteiger partial charge < -0.3 is 9.84 Å². The third-order valence-electron chi connectivity index (χ3n) is 3.11.